The molecular formula is C19H27N7O4. The number of rotatable bonds is 8. The van der Waals surface area contributed by atoms with Gasteiger partial charge in [0.1, 0.15) is 12.7 Å². The lowest BCUT2D eigenvalue weighted by molar-refractivity contribution is -0.126. The summed E-state index contributed by atoms with van der Waals surface area (Å²) in [6.45, 7) is 0.889. The highest BCUT2D eigenvalue weighted by atomic mass is 16.3. The van der Waals surface area contributed by atoms with E-state index in [1.54, 1.807) is 35.8 Å². The van der Waals surface area contributed by atoms with Crippen LogP contribution in [0, 0.1) is 5.92 Å². The summed E-state index contributed by atoms with van der Waals surface area (Å²) in [5.74, 6) is 0.147. The van der Waals surface area contributed by atoms with Crippen molar-refractivity contribution in [2.24, 2.45) is 5.92 Å². The van der Waals surface area contributed by atoms with Crippen LogP contribution in [0.2, 0.25) is 0 Å². The zero-order valence-electron chi connectivity index (χ0n) is 16.7. The topological polar surface area (TPSA) is 152 Å². The zero-order valence-corrected chi connectivity index (χ0v) is 16.7. The van der Waals surface area contributed by atoms with Gasteiger partial charge in [-0.05, 0) is 25.7 Å². The molecule has 2 aromatic heterocycles. The third-order valence-corrected chi connectivity index (χ3v) is 4.82. The van der Waals surface area contributed by atoms with Crippen molar-refractivity contribution in [1.82, 2.24) is 35.4 Å². The molecule has 2 amide bonds. The quantitative estimate of drug-likeness (QED) is 0.515. The average Bonchev–Trinajstić information content (AvgIpc) is 3.28. The summed E-state index contributed by atoms with van der Waals surface area (Å²) < 4.78 is 1.78. The molecule has 2 aromatic rings. The summed E-state index contributed by atoms with van der Waals surface area (Å²) in [4.78, 5) is 40.9. The molecule has 0 aliphatic heterocycles. The normalized spacial score (nSPS) is 17.9. The van der Waals surface area contributed by atoms with Crippen molar-refractivity contribution in [1.29, 1.82) is 0 Å². The molecule has 1 aliphatic rings. The minimum Gasteiger partial charge on any atom is -0.483 e. The van der Waals surface area contributed by atoms with Crippen molar-refractivity contribution >= 4 is 18.3 Å². The number of carbonyl (C=O) groups excluding carboxylic acids is 2. The Hall–Kier alpha value is -3.37. The molecular weight excluding hydrogens is 390 g/mol. The van der Waals surface area contributed by atoms with Gasteiger partial charge in [0.15, 0.2) is 0 Å². The van der Waals surface area contributed by atoms with Gasteiger partial charge in [0.25, 0.3) is 6.47 Å². The van der Waals surface area contributed by atoms with E-state index in [4.69, 9.17) is 9.90 Å². The van der Waals surface area contributed by atoms with Crippen LogP contribution in [0.25, 0.3) is 0 Å². The summed E-state index contributed by atoms with van der Waals surface area (Å²) in [5.41, 5.74) is 0.871. The van der Waals surface area contributed by atoms with Crippen LogP contribution in [0.5, 0.6) is 0 Å². The third-order valence-electron chi connectivity index (χ3n) is 4.82. The largest absolute Gasteiger partial charge is 0.483 e. The number of amides is 2. The first kappa shape index (κ1) is 22.9. The molecule has 11 nitrogen and oxygen atoms in total. The fourth-order valence-electron chi connectivity index (χ4n) is 3.29. The summed E-state index contributed by atoms with van der Waals surface area (Å²) in [6.07, 6.45) is 12.5. The van der Waals surface area contributed by atoms with Crippen molar-refractivity contribution in [3.05, 3.63) is 36.9 Å². The van der Waals surface area contributed by atoms with E-state index in [1.165, 1.54) is 0 Å². The van der Waals surface area contributed by atoms with E-state index in [9.17, 15) is 9.59 Å². The number of hydrogen-bond donors (Lipinski definition) is 3. The average molecular weight is 417 g/mol. The Labute approximate surface area is 174 Å². The van der Waals surface area contributed by atoms with Crippen molar-refractivity contribution in [2.75, 3.05) is 6.54 Å². The first-order valence-corrected chi connectivity index (χ1v) is 9.84. The van der Waals surface area contributed by atoms with Crippen molar-refractivity contribution in [3.63, 3.8) is 0 Å². The van der Waals surface area contributed by atoms with Crippen LogP contribution in [-0.2, 0) is 27.3 Å². The van der Waals surface area contributed by atoms with Crippen LogP contribution in [0.3, 0.4) is 0 Å². The molecule has 0 radical (unpaired) electrons. The molecule has 0 unspecified atom stereocenters. The molecule has 0 aromatic carbocycles. The molecule has 11 heteroatoms. The summed E-state index contributed by atoms with van der Waals surface area (Å²) >= 11 is 0. The monoisotopic (exact) mass is 417 g/mol. The number of nitrogens with zero attached hydrogens (tertiary/aromatic N) is 5. The van der Waals surface area contributed by atoms with Crippen LogP contribution < -0.4 is 10.6 Å². The first-order chi connectivity index (χ1) is 14.6. The summed E-state index contributed by atoms with van der Waals surface area (Å²) in [7, 11) is 0. The Morgan fingerprint density at radius 3 is 2.50 bits per heavy atom. The lowest BCUT2D eigenvalue weighted by Crippen LogP contribution is -2.41. The van der Waals surface area contributed by atoms with Gasteiger partial charge in [-0.3, -0.25) is 24.4 Å². The molecule has 3 rings (SSSR count). The molecule has 0 spiro atoms. The first-order valence-electron chi connectivity index (χ1n) is 9.84. The zero-order chi connectivity index (χ0) is 21.6. The Kier molecular flexibility index (Phi) is 9.90. The van der Waals surface area contributed by atoms with E-state index in [2.05, 4.69) is 30.8 Å². The molecule has 0 saturated heterocycles. The van der Waals surface area contributed by atoms with Gasteiger partial charge >= 0.3 is 0 Å². The van der Waals surface area contributed by atoms with Crippen LogP contribution in [0.4, 0.5) is 0 Å². The minimum absolute atomic E-state index is 0.0250. The lowest BCUT2D eigenvalue weighted by atomic mass is 9.85. The smallest absolute Gasteiger partial charge is 0.290 e. The maximum absolute atomic E-state index is 12.3. The fourth-order valence-corrected chi connectivity index (χ4v) is 3.29. The van der Waals surface area contributed by atoms with Gasteiger partial charge in [0.2, 0.25) is 11.8 Å². The van der Waals surface area contributed by atoms with Crippen molar-refractivity contribution < 1.29 is 19.5 Å². The predicted molar refractivity (Wildman–Crippen MR) is 106 cm³/mol. The molecule has 30 heavy (non-hydrogen) atoms. The Morgan fingerprint density at radius 2 is 1.87 bits per heavy atom. The van der Waals surface area contributed by atoms with E-state index in [0.29, 0.717) is 25.9 Å². The molecule has 1 aliphatic carbocycles. The predicted octanol–water partition coefficient (Wildman–Crippen LogP) is 0.193. The highest BCUT2D eigenvalue weighted by molar-refractivity contribution is 5.79. The second-order valence-electron chi connectivity index (χ2n) is 6.91. The Bertz CT molecular complexity index is 762. The second kappa shape index (κ2) is 13.0. The van der Waals surface area contributed by atoms with Gasteiger partial charge in [-0.2, -0.15) is 0 Å². The van der Waals surface area contributed by atoms with Crippen LogP contribution in [0.15, 0.2) is 31.2 Å². The molecule has 1 saturated carbocycles. The number of aryl methyl sites for hydroxylation is 1. The molecule has 0 bridgehead atoms. The maximum Gasteiger partial charge on any atom is 0.290 e. The molecule has 162 valence electrons. The van der Waals surface area contributed by atoms with Gasteiger partial charge in [-0.15, -0.1) is 10.2 Å². The maximum atomic E-state index is 12.3. The SMILES string of the molecule is O=C(CCn1cnnc1)NC1CCC(C(=O)NCCc2cnccn2)CC1.O=CO. The Balaban J connectivity index is 0.00000101. The summed E-state index contributed by atoms with van der Waals surface area (Å²) in [5, 5.41) is 20.4. The highest BCUT2D eigenvalue weighted by Crippen LogP contribution is 2.24. The van der Waals surface area contributed by atoms with E-state index in [0.717, 1.165) is 31.4 Å². The van der Waals surface area contributed by atoms with E-state index < -0.39 is 0 Å². The highest BCUT2D eigenvalue weighted by Gasteiger charge is 2.26. The number of nitrogens with one attached hydrogen (secondary N) is 2. The fraction of sp³-hybridized carbons (Fsp3) is 0.526. The number of carboxylic acid groups (broad SMARTS) is 1. The van der Waals surface area contributed by atoms with Crippen LogP contribution in [0.1, 0.15) is 37.8 Å². The van der Waals surface area contributed by atoms with Gasteiger partial charge in [-0.25, -0.2) is 0 Å². The van der Waals surface area contributed by atoms with Crippen LogP contribution >= 0.6 is 0 Å². The van der Waals surface area contributed by atoms with Crippen molar-refractivity contribution in [3.8, 4) is 0 Å². The van der Waals surface area contributed by atoms with E-state index in [-0.39, 0.29) is 30.2 Å². The molecule has 2 heterocycles. The summed E-state index contributed by atoms with van der Waals surface area (Å²) in [6, 6.07) is 0.155. The number of carbonyl (C=O) groups is 3. The standard InChI is InChI=1S/C18H25N7O2.CH2O2/c26-17(6-10-25-12-22-23-13-25)24-15-3-1-14(2-4-15)18(27)21-7-5-16-11-19-8-9-20-16;2-1-3/h8-9,11-15H,1-7,10H2,(H,21,27)(H,24,26);1H,(H,2,3). The van der Waals surface area contributed by atoms with E-state index >= 15 is 0 Å². The van der Waals surface area contributed by atoms with Gasteiger partial charge in [-0.1, -0.05) is 0 Å². The molecule has 1 fully saturated rings. The van der Waals surface area contributed by atoms with Gasteiger partial charge in [0.05, 0.1) is 5.69 Å². The number of hydrogen-bond acceptors (Lipinski definition) is 7. The minimum atomic E-state index is -0.250. The van der Waals surface area contributed by atoms with Crippen LogP contribution in [-0.4, -0.2) is 60.7 Å². The van der Waals surface area contributed by atoms with Gasteiger partial charge in [0, 0.05) is 56.5 Å². The van der Waals surface area contributed by atoms with Gasteiger partial charge < -0.3 is 20.3 Å². The molecule has 3 N–H and O–H groups in total. The second-order valence-corrected chi connectivity index (χ2v) is 6.91. The number of aromatic nitrogens is 5. The lowest BCUT2D eigenvalue weighted by Gasteiger charge is -2.28. The molecule has 0 atom stereocenters. The van der Waals surface area contributed by atoms with Crippen molar-refractivity contribution in [2.45, 2.75) is 51.1 Å². The Morgan fingerprint density at radius 1 is 1.17 bits per heavy atom. The van der Waals surface area contributed by atoms with E-state index in [1.807, 2.05) is 0 Å². The third kappa shape index (κ3) is 8.33.